The third-order valence-corrected chi connectivity index (χ3v) is 2.64. The van der Waals surface area contributed by atoms with Crippen LogP contribution < -0.4 is 10.2 Å². The number of non-ortho nitro benzene ring substituents is 1. The number of aliphatic hydroxyl groups is 1. The van der Waals surface area contributed by atoms with Crippen molar-refractivity contribution in [2.45, 2.75) is 12.5 Å². The van der Waals surface area contributed by atoms with E-state index in [1.807, 2.05) is 5.48 Å². The van der Waals surface area contributed by atoms with E-state index >= 15 is 0 Å². The molecule has 0 bridgehead atoms. The van der Waals surface area contributed by atoms with Crippen LogP contribution in [0.1, 0.15) is 6.42 Å². The van der Waals surface area contributed by atoms with Gasteiger partial charge in [-0.25, -0.2) is 4.57 Å². The van der Waals surface area contributed by atoms with Crippen LogP contribution in [0.15, 0.2) is 24.3 Å². The van der Waals surface area contributed by atoms with Crippen molar-refractivity contribution in [3.8, 4) is 5.75 Å². The molecule has 0 aliphatic carbocycles. The Morgan fingerprint density at radius 1 is 1.33 bits per heavy atom. The zero-order valence-corrected chi connectivity index (χ0v) is 11.7. The first-order chi connectivity index (χ1) is 9.78. The van der Waals surface area contributed by atoms with E-state index in [0.717, 1.165) is 0 Å². The van der Waals surface area contributed by atoms with Gasteiger partial charge in [-0.15, -0.1) is 0 Å². The maximum absolute atomic E-state index is 10.4. The highest BCUT2D eigenvalue weighted by Gasteiger charge is 2.15. The van der Waals surface area contributed by atoms with Gasteiger partial charge in [0.2, 0.25) is 0 Å². The Morgan fingerprint density at radius 3 is 2.48 bits per heavy atom. The molecule has 118 valence electrons. The highest BCUT2D eigenvalue weighted by atomic mass is 31.2. The number of nitro groups is 1. The second-order valence-corrected chi connectivity index (χ2v) is 5.14. The van der Waals surface area contributed by atoms with Crippen LogP contribution in [0, 0.1) is 10.1 Å². The number of benzene rings is 1. The molecule has 4 N–H and O–H groups in total. The summed E-state index contributed by atoms with van der Waals surface area (Å²) in [6.45, 7) is -0.0642. The minimum Gasteiger partial charge on any atom is -0.493 e. The highest BCUT2D eigenvalue weighted by molar-refractivity contribution is 7.46. The number of nitrogens with one attached hydrogen (secondary N) is 1. The number of nitro benzene ring substituents is 1. The summed E-state index contributed by atoms with van der Waals surface area (Å²) in [5, 5.41) is 19.9. The number of phosphoric acid groups is 1. The molecule has 0 heterocycles. The number of hydrogen-bond acceptors (Lipinski definition) is 7. The van der Waals surface area contributed by atoms with Gasteiger partial charge in [0.15, 0.2) is 0 Å². The summed E-state index contributed by atoms with van der Waals surface area (Å²) < 4.78 is 19.5. The molecule has 0 aliphatic rings. The van der Waals surface area contributed by atoms with Gasteiger partial charge in [-0.1, -0.05) is 0 Å². The molecule has 0 aromatic heterocycles. The smallest absolute Gasteiger partial charge is 0.486 e. The summed E-state index contributed by atoms with van der Waals surface area (Å²) in [5.41, 5.74) is 1.90. The van der Waals surface area contributed by atoms with E-state index in [0.29, 0.717) is 5.75 Å². The lowest BCUT2D eigenvalue weighted by molar-refractivity contribution is -0.384. The Labute approximate surface area is 119 Å². The number of rotatable bonds is 9. The normalized spacial score (nSPS) is 12.9. The Kier molecular flexibility index (Phi) is 6.69. The van der Waals surface area contributed by atoms with Crippen molar-refractivity contribution in [3.63, 3.8) is 0 Å². The van der Waals surface area contributed by atoms with Gasteiger partial charge in [0.1, 0.15) is 5.75 Å². The molecule has 0 spiro atoms. The largest absolute Gasteiger partial charge is 0.493 e. The molecule has 0 aliphatic heterocycles. The van der Waals surface area contributed by atoms with E-state index in [9.17, 15) is 19.8 Å². The number of aliphatic hydroxyl groups excluding tert-OH is 1. The second kappa shape index (κ2) is 8.03. The molecule has 1 aromatic rings. The van der Waals surface area contributed by atoms with Crippen LogP contribution in [-0.2, 0) is 9.19 Å². The molecule has 0 saturated carbocycles. The summed E-state index contributed by atoms with van der Waals surface area (Å²) in [6.07, 6.45) is -0.760. The fraction of sp³-hybridized carbons (Fsp3) is 0.400. The predicted molar refractivity (Wildman–Crippen MR) is 70.3 cm³/mol. The van der Waals surface area contributed by atoms with Gasteiger partial charge in [-0.3, -0.25) is 10.1 Å². The summed E-state index contributed by atoms with van der Waals surface area (Å²) >= 11 is 0. The first-order valence-electron chi connectivity index (χ1n) is 5.80. The van der Waals surface area contributed by atoms with Crippen molar-refractivity contribution >= 4 is 13.5 Å². The number of hydroxylamine groups is 1. The lowest BCUT2D eigenvalue weighted by Gasteiger charge is -2.12. The lowest BCUT2D eigenvalue weighted by atomic mass is 10.2. The van der Waals surface area contributed by atoms with Crippen LogP contribution in [0.5, 0.6) is 5.75 Å². The van der Waals surface area contributed by atoms with Gasteiger partial charge in [0, 0.05) is 25.1 Å². The molecule has 11 heteroatoms. The summed E-state index contributed by atoms with van der Waals surface area (Å²) in [7, 11) is -4.62. The van der Waals surface area contributed by atoms with Crippen molar-refractivity contribution in [2.75, 3.05) is 13.2 Å². The van der Waals surface area contributed by atoms with E-state index in [-0.39, 0.29) is 25.3 Å². The van der Waals surface area contributed by atoms with Gasteiger partial charge in [-0.05, 0) is 12.1 Å². The summed E-state index contributed by atoms with van der Waals surface area (Å²) in [6, 6.07) is 5.45. The maximum Gasteiger partial charge on any atom is 0.486 e. The average Bonchev–Trinajstić information content (AvgIpc) is 2.37. The SMILES string of the molecule is O=[N+]([O-])c1ccc(OCCC(O)CNOP(=O)(O)O)cc1. The Morgan fingerprint density at radius 2 is 1.95 bits per heavy atom. The minimum absolute atomic E-state index is 0.0545. The van der Waals surface area contributed by atoms with Gasteiger partial charge >= 0.3 is 7.82 Å². The van der Waals surface area contributed by atoms with Gasteiger partial charge in [-0.2, -0.15) is 10.1 Å². The average molecular weight is 322 g/mol. The standard InChI is InChI=1S/C10H15N2O8P/c13-9(7-11-20-21(16,17)18)5-6-19-10-3-1-8(2-4-10)12(14)15/h1-4,9,11,13H,5-7H2,(H2,16,17,18). The second-order valence-electron chi connectivity index (χ2n) is 3.97. The Hall–Kier alpha value is -1.55. The Bertz CT molecular complexity index is 502. The molecular weight excluding hydrogens is 307 g/mol. The summed E-state index contributed by atoms with van der Waals surface area (Å²) in [4.78, 5) is 26.7. The molecule has 0 radical (unpaired) electrons. The van der Waals surface area contributed by atoms with E-state index < -0.39 is 18.8 Å². The highest BCUT2D eigenvalue weighted by Crippen LogP contribution is 2.33. The first-order valence-corrected chi connectivity index (χ1v) is 7.33. The molecule has 1 aromatic carbocycles. The topological polar surface area (TPSA) is 151 Å². The summed E-state index contributed by atoms with van der Waals surface area (Å²) in [5.74, 6) is 0.409. The molecule has 1 unspecified atom stereocenters. The molecule has 1 atom stereocenters. The predicted octanol–water partition coefficient (Wildman–Crippen LogP) is 0.338. The van der Waals surface area contributed by atoms with Crippen molar-refractivity contribution in [1.29, 1.82) is 0 Å². The minimum atomic E-state index is -4.62. The van der Waals surface area contributed by atoms with Crippen LogP contribution in [0.4, 0.5) is 5.69 Å². The fourth-order valence-corrected chi connectivity index (χ4v) is 1.54. The van der Waals surface area contributed by atoms with Crippen LogP contribution in [-0.4, -0.2) is 39.1 Å². The number of hydrogen-bond donors (Lipinski definition) is 4. The van der Waals surface area contributed by atoms with Crippen LogP contribution in [0.3, 0.4) is 0 Å². The van der Waals surface area contributed by atoms with E-state index in [4.69, 9.17) is 14.5 Å². The lowest BCUT2D eigenvalue weighted by Crippen LogP contribution is -2.27. The molecule has 1 rings (SSSR count). The zero-order valence-electron chi connectivity index (χ0n) is 10.8. The number of ether oxygens (including phenoxy) is 1. The first kappa shape index (κ1) is 17.5. The van der Waals surface area contributed by atoms with Crippen LogP contribution >= 0.6 is 7.82 Å². The van der Waals surface area contributed by atoms with E-state index in [1.54, 1.807) is 0 Å². The Balaban J connectivity index is 2.23. The molecule has 0 amide bonds. The van der Waals surface area contributed by atoms with Crippen molar-refractivity contribution in [2.24, 2.45) is 0 Å². The van der Waals surface area contributed by atoms with Crippen LogP contribution in [0.25, 0.3) is 0 Å². The van der Waals surface area contributed by atoms with Crippen molar-refractivity contribution < 1.29 is 33.7 Å². The number of nitrogens with zero attached hydrogens (tertiary/aromatic N) is 1. The zero-order chi connectivity index (χ0) is 15.9. The third kappa shape index (κ3) is 7.71. The van der Waals surface area contributed by atoms with Crippen molar-refractivity contribution in [3.05, 3.63) is 34.4 Å². The van der Waals surface area contributed by atoms with Gasteiger partial charge in [0.05, 0.1) is 17.6 Å². The molecule has 10 nitrogen and oxygen atoms in total. The molecule has 21 heavy (non-hydrogen) atoms. The third-order valence-electron chi connectivity index (χ3n) is 2.27. The molecule has 0 saturated heterocycles. The molecule has 0 fully saturated rings. The van der Waals surface area contributed by atoms with E-state index in [2.05, 4.69) is 4.62 Å². The fourth-order valence-electron chi connectivity index (χ4n) is 1.30. The van der Waals surface area contributed by atoms with Gasteiger partial charge in [0.25, 0.3) is 5.69 Å². The maximum atomic E-state index is 10.4. The monoisotopic (exact) mass is 322 g/mol. The van der Waals surface area contributed by atoms with Gasteiger partial charge < -0.3 is 19.6 Å². The molecular formula is C10H15N2O8P. The van der Waals surface area contributed by atoms with Crippen LogP contribution in [0.2, 0.25) is 0 Å². The quantitative estimate of drug-likeness (QED) is 0.286. The van der Waals surface area contributed by atoms with Crippen molar-refractivity contribution in [1.82, 2.24) is 5.48 Å². The van der Waals surface area contributed by atoms with E-state index in [1.165, 1.54) is 24.3 Å².